The predicted octanol–water partition coefficient (Wildman–Crippen LogP) is 1.64. The average molecular weight is 319 g/mol. The van der Waals surface area contributed by atoms with Crippen LogP contribution in [-0.4, -0.2) is 57.1 Å². The van der Waals surface area contributed by atoms with E-state index >= 15 is 0 Å². The molecule has 0 aromatic heterocycles. The molecule has 3 rings (SSSR count). The molecule has 0 aliphatic carbocycles. The molecule has 1 unspecified atom stereocenters. The fourth-order valence-corrected chi connectivity index (χ4v) is 3.33. The van der Waals surface area contributed by atoms with Crippen LogP contribution in [0.3, 0.4) is 0 Å². The summed E-state index contributed by atoms with van der Waals surface area (Å²) in [6.45, 7) is 4.55. The summed E-state index contributed by atoms with van der Waals surface area (Å²) in [5, 5.41) is 0. The normalized spacial score (nSPS) is 22.6. The first-order valence-electron chi connectivity index (χ1n) is 8.33. The molecule has 0 saturated carbocycles. The summed E-state index contributed by atoms with van der Waals surface area (Å²) in [5.41, 5.74) is 2.34. The van der Waals surface area contributed by atoms with E-state index in [0.717, 1.165) is 44.8 Å². The second-order valence-corrected chi connectivity index (χ2v) is 6.36. The van der Waals surface area contributed by atoms with Crippen LogP contribution in [0.25, 0.3) is 0 Å². The molecule has 0 radical (unpaired) electrons. The van der Waals surface area contributed by atoms with E-state index in [0.29, 0.717) is 12.3 Å². The molecular weight excluding hydrogens is 294 g/mol. The molecule has 0 spiro atoms. The van der Waals surface area contributed by atoms with Gasteiger partial charge in [-0.3, -0.25) is 9.69 Å². The van der Waals surface area contributed by atoms with Gasteiger partial charge in [0.05, 0.1) is 26.7 Å². The monoisotopic (exact) mass is 319 g/mol. The SMILES string of the molecule is COC(=O)Cc1ccc(CC2CCN(CC3OCCO3)C2)cc1. The van der Waals surface area contributed by atoms with Gasteiger partial charge in [-0.2, -0.15) is 0 Å². The average Bonchev–Trinajstić information content (AvgIpc) is 3.22. The van der Waals surface area contributed by atoms with E-state index < -0.39 is 0 Å². The lowest BCUT2D eigenvalue weighted by molar-refractivity contribution is -0.139. The van der Waals surface area contributed by atoms with Crippen molar-refractivity contribution >= 4 is 5.97 Å². The Morgan fingerprint density at radius 2 is 1.91 bits per heavy atom. The molecule has 2 aliphatic heterocycles. The summed E-state index contributed by atoms with van der Waals surface area (Å²) in [6, 6.07) is 8.31. The topological polar surface area (TPSA) is 48.0 Å². The van der Waals surface area contributed by atoms with Crippen LogP contribution in [0, 0.1) is 5.92 Å². The molecule has 5 nitrogen and oxygen atoms in total. The van der Waals surface area contributed by atoms with E-state index in [9.17, 15) is 4.79 Å². The van der Waals surface area contributed by atoms with Gasteiger partial charge >= 0.3 is 5.97 Å². The zero-order chi connectivity index (χ0) is 16.1. The molecule has 2 aliphatic rings. The van der Waals surface area contributed by atoms with Gasteiger partial charge in [0.25, 0.3) is 0 Å². The number of methoxy groups -OCH3 is 1. The number of esters is 1. The van der Waals surface area contributed by atoms with Gasteiger partial charge in [0.15, 0.2) is 6.29 Å². The first-order valence-corrected chi connectivity index (χ1v) is 8.33. The molecule has 126 valence electrons. The predicted molar refractivity (Wildman–Crippen MR) is 86.1 cm³/mol. The van der Waals surface area contributed by atoms with Crippen molar-refractivity contribution < 1.29 is 19.0 Å². The third kappa shape index (κ3) is 4.77. The second kappa shape index (κ2) is 7.90. The number of nitrogens with zero attached hydrogens (tertiary/aromatic N) is 1. The van der Waals surface area contributed by atoms with E-state index in [1.165, 1.54) is 19.1 Å². The van der Waals surface area contributed by atoms with Crippen LogP contribution in [0.1, 0.15) is 17.5 Å². The number of carbonyl (C=O) groups excluding carboxylic acids is 1. The number of carbonyl (C=O) groups is 1. The summed E-state index contributed by atoms with van der Waals surface area (Å²) in [4.78, 5) is 13.7. The Morgan fingerprint density at radius 3 is 2.61 bits per heavy atom. The summed E-state index contributed by atoms with van der Waals surface area (Å²) in [6.07, 6.45) is 2.61. The maximum Gasteiger partial charge on any atom is 0.309 e. The van der Waals surface area contributed by atoms with Gasteiger partial charge in [-0.05, 0) is 36.4 Å². The molecule has 2 heterocycles. The lowest BCUT2D eigenvalue weighted by Gasteiger charge is -2.19. The first kappa shape index (κ1) is 16.4. The summed E-state index contributed by atoms with van der Waals surface area (Å²) < 4.78 is 15.7. The highest BCUT2D eigenvalue weighted by Gasteiger charge is 2.26. The zero-order valence-electron chi connectivity index (χ0n) is 13.7. The minimum absolute atomic E-state index is 0.0358. The lowest BCUT2D eigenvalue weighted by atomic mass is 9.97. The Bertz CT molecular complexity index is 510. The number of hydrogen-bond donors (Lipinski definition) is 0. The Kier molecular flexibility index (Phi) is 5.65. The molecular formula is C18H25NO4. The lowest BCUT2D eigenvalue weighted by Crippen LogP contribution is -2.31. The van der Waals surface area contributed by atoms with Gasteiger partial charge in [-0.1, -0.05) is 24.3 Å². The number of likely N-dealkylation sites (tertiary alicyclic amines) is 1. The Hall–Kier alpha value is -1.43. The van der Waals surface area contributed by atoms with E-state index in [2.05, 4.69) is 17.0 Å². The van der Waals surface area contributed by atoms with E-state index in [4.69, 9.17) is 14.2 Å². The van der Waals surface area contributed by atoms with Crippen LogP contribution in [0.4, 0.5) is 0 Å². The van der Waals surface area contributed by atoms with Crippen LogP contribution in [-0.2, 0) is 31.8 Å². The van der Waals surface area contributed by atoms with Gasteiger partial charge in [-0.25, -0.2) is 0 Å². The Morgan fingerprint density at radius 1 is 1.22 bits per heavy atom. The standard InChI is InChI=1S/C18H25NO4/c1-21-17(20)11-15-4-2-14(3-5-15)10-16-6-7-19(12-16)13-18-22-8-9-23-18/h2-5,16,18H,6-13H2,1H3. The molecule has 0 bridgehead atoms. The highest BCUT2D eigenvalue weighted by molar-refractivity contribution is 5.72. The molecule has 23 heavy (non-hydrogen) atoms. The number of benzene rings is 1. The van der Waals surface area contributed by atoms with Crippen LogP contribution in [0.15, 0.2) is 24.3 Å². The van der Waals surface area contributed by atoms with E-state index in [1.807, 2.05) is 12.1 Å². The minimum Gasteiger partial charge on any atom is -0.469 e. The number of rotatable bonds is 6. The largest absolute Gasteiger partial charge is 0.469 e. The number of hydrogen-bond acceptors (Lipinski definition) is 5. The van der Waals surface area contributed by atoms with Crippen molar-refractivity contribution in [1.82, 2.24) is 4.90 Å². The first-order chi connectivity index (χ1) is 11.2. The summed E-state index contributed by atoms with van der Waals surface area (Å²) in [5.74, 6) is 0.489. The summed E-state index contributed by atoms with van der Waals surface area (Å²) >= 11 is 0. The Balaban J connectivity index is 1.45. The van der Waals surface area contributed by atoms with Crippen molar-refractivity contribution in [1.29, 1.82) is 0 Å². The highest BCUT2D eigenvalue weighted by Crippen LogP contribution is 2.22. The maximum atomic E-state index is 11.3. The van der Waals surface area contributed by atoms with Crippen LogP contribution >= 0.6 is 0 Å². The molecule has 1 aromatic rings. The van der Waals surface area contributed by atoms with E-state index in [-0.39, 0.29) is 12.3 Å². The van der Waals surface area contributed by atoms with Crippen molar-refractivity contribution in [2.45, 2.75) is 25.6 Å². The van der Waals surface area contributed by atoms with E-state index in [1.54, 1.807) is 0 Å². The minimum atomic E-state index is -0.194. The van der Waals surface area contributed by atoms with Crippen molar-refractivity contribution in [3.63, 3.8) is 0 Å². The fraction of sp³-hybridized carbons (Fsp3) is 0.611. The third-order valence-corrected chi connectivity index (χ3v) is 4.59. The van der Waals surface area contributed by atoms with Gasteiger partial charge < -0.3 is 14.2 Å². The van der Waals surface area contributed by atoms with Gasteiger partial charge in [-0.15, -0.1) is 0 Å². The van der Waals surface area contributed by atoms with Crippen LogP contribution in [0.2, 0.25) is 0 Å². The molecule has 0 amide bonds. The fourth-order valence-electron chi connectivity index (χ4n) is 3.33. The Labute approximate surface area is 137 Å². The number of ether oxygens (including phenoxy) is 3. The molecule has 1 aromatic carbocycles. The second-order valence-electron chi connectivity index (χ2n) is 6.36. The molecule has 2 saturated heterocycles. The van der Waals surface area contributed by atoms with Crippen LogP contribution in [0.5, 0.6) is 0 Å². The molecule has 2 fully saturated rings. The van der Waals surface area contributed by atoms with Gasteiger partial charge in [0.2, 0.25) is 0 Å². The van der Waals surface area contributed by atoms with Gasteiger partial charge in [0.1, 0.15) is 0 Å². The quantitative estimate of drug-likeness (QED) is 0.746. The van der Waals surface area contributed by atoms with Crippen molar-refractivity contribution in [3.8, 4) is 0 Å². The molecule has 0 N–H and O–H groups in total. The van der Waals surface area contributed by atoms with Crippen LogP contribution < -0.4 is 0 Å². The van der Waals surface area contributed by atoms with Crippen molar-refractivity contribution in [3.05, 3.63) is 35.4 Å². The molecule has 1 atom stereocenters. The molecule has 5 heteroatoms. The van der Waals surface area contributed by atoms with Crippen molar-refractivity contribution in [2.24, 2.45) is 5.92 Å². The summed E-state index contributed by atoms with van der Waals surface area (Å²) in [7, 11) is 1.42. The smallest absolute Gasteiger partial charge is 0.309 e. The third-order valence-electron chi connectivity index (χ3n) is 4.59. The van der Waals surface area contributed by atoms with Gasteiger partial charge in [0, 0.05) is 13.1 Å². The van der Waals surface area contributed by atoms with Crippen molar-refractivity contribution in [2.75, 3.05) is 40.0 Å². The zero-order valence-corrected chi connectivity index (χ0v) is 13.7. The highest BCUT2D eigenvalue weighted by atomic mass is 16.7. The maximum absolute atomic E-state index is 11.3.